The molecule has 1 aliphatic rings. The number of likely N-dealkylation sites (N-methyl/N-ethyl adjacent to an activating group) is 1. The highest BCUT2D eigenvalue weighted by Gasteiger charge is 2.27. The number of hydrogen-bond acceptors (Lipinski definition) is 5. The van der Waals surface area contributed by atoms with Gasteiger partial charge in [-0.3, -0.25) is 4.90 Å². The second-order valence-electron chi connectivity index (χ2n) is 5.58. The van der Waals surface area contributed by atoms with E-state index in [1.165, 1.54) is 12.8 Å². The normalized spacial score (nSPS) is 20.4. The molecule has 0 amide bonds. The SMILES string of the molecule is CNC1CCCN(C(C)c2nnnn2-c2ccccc2)C1.Cl. The number of aromatic nitrogens is 4. The predicted molar refractivity (Wildman–Crippen MR) is 88.5 cm³/mol. The molecule has 6 nitrogen and oxygen atoms in total. The van der Waals surface area contributed by atoms with E-state index >= 15 is 0 Å². The van der Waals surface area contributed by atoms with Gasteiger partial charge >= 0.3 is 0 Å². The molecule has 22 heavy (non-hydrogen) atoms. The molecular formula is C15H23ClN6. The van der Waals surface area contributed by atoms with Crippen LogP contribution in [0.5, 0.6) is 0 Å². The number of rotatable bonds is 4. The Balaban J connectivity index is 0.00000176. The smallest absolute Gasteiger partial charge is 0.173 e. The van der Waals surface area contributed by atoms with Gasteiger partial charge in [0.2, 0.25) is 0 Å². The third-order valence-electron chi connectivity index (χ3n) is 4.28. The van der Waals surface area contributed by atoms with Gasteiger partial charge in [0.15, 0.2) is 5.82 Å². The van der Waals surface area contributed by atoms with E-state index in [4.69, 9.17) is 0 Å². The fraction of sp³-hybridized carbons (Fsp3) is 0.533. The van der Waals surface area contributed by atoms with Crippen molar-refractivity contribution in [1.82, 2.24) is 30.4 Å². The lowest BCUT2D eigenvalue weighted by Crippen LogP contribution is -2.45. The van der Waals surface area contributed by atoms with Crippen molar-refractivity contribution in [3.63, 3.8) is 0 Å². The van der Waals surface area contributed by atoms with Gasteiger partial charge in [-0.2, -0.15) is 4.68 Å². The fourth-order valence-corrected chi connectivity index (χ4v) is 2.96. The van der Waals surface area contributed by atoms with E-state index in [1.54, 1.807) is 0 Å². The van der Waals surface area contributed by atoms with Gasteiger partial charge in [0.25, 0.3) is 0 Å². The van der Waals surface area contributed by atoms with E-state index in [0.29, 0.717) is 6.04 Å². The molecule has 1 aliphatic heterocycles. The van der Waals surface area contributed by atoms with E-state index in [9.17, 15) is 0 Å². The summed E-state index contributed by atoms with van der Waals surface area (Å²) in [4.78, 5) is 2.45. The van der Waals surface area contributed by atoms with Gasteiger partial charge in [-0.25, -0.2) is 0 Å². The number of para-hydroxylation sites is 1. The summed E-state index contributed by atoms with van der Waals surface area (Å²) in [5.74, 6) is 0.901. The zero-order valence-electron chi connectivity index (χ0n) is 13.0. The molecule has 120 valence electrons. The van der Waals surface area contributed by atoms with Crippen LogP contribution in [0.25, 0.3) is 5.69 Å². The molecule has 0 spiro atoms. The molecule has 0 radical (unpaired) electrons. The number of piperidine rings is 1. The average molecular weight is 323 g/mol. The first-order valence-electron chi connectivity index (χ1n) is 7.54. The minimum Gasteiger partial charge on any atom is -0.316 e. The maximum atomic E-state index is 4.26. The molecule has 1 aromatic heterocycles. The molecule has 1 saturated heterocycles. The lowest BCUT2D eigenvalue weighted by molar-refractivity contribution is 0.142. The minimum absolute atomic E-state index is 0. The molecule has 3 rings (SSSR count). The molecular weight excluding hydrogens is 300 g/mol. The van der Waals surface area contributed by atoms with Crippen LogP contribution in [0.4, 0.5) is 0 Å². The van der Waals surface area contributed by atoms with Crippen LogP contribution in [0.15, 0.2) is 30.3 Å². The van der Waals surface area contributed by atoms with Gasteiger partial charge in [0.05, 0.1) is 11.7 Å². The van der Waals surface area contributed by atoms with Crippen molar-refractivity contribution in [2.24, 2.45) is 0 Å². The van der Waals surface area contributed by atoms with Crippen LogP contribution in [0, 0.1) is 0 Å². The van der Waals surface area contributed by atoms with E-state index in [0.717, 1.165) is 24.6 Å². The molecule has 1 fully saturated rings. The Bertz CT molecular complexity index is 572. The summed E-state index contributed by atoms with van der Waals surface area (Å²) >= 11 is 0. The Morgan fingerprint density at radius 2 is 2.05 bits per heavy atom. The molecule has 2 aromatic rings. The van der Waals surface area contributed by atoms with Crippen LogP contribution in [-0.2, 0) is 0 Å². The van der Waals surface area contributed by atoms with E-state index in [1.807, 2.05) is 42.1 Å². The number of likely N-dealkylation sites (tertiary alicyclic amines) is 1. The Labute approximate surface area is 137 Å². The zero-order chi connectivity index (χ0) is 14.7. The highest BCUT2D eigenvalue weighted by atomic mass is 35.5. The van der Waals surface area contributed by atoms with Crippen molar-refractivity contribution in [3.05, 3.63) is 36.2 Å². The van der Waals surface area contributed by atoms with Crippen LogP contribution < -0.4 is 5.32 Å². The first kappa shape index (κ1) is 16.9. The van der Waals surface area contributed by atoms with Crippen LogP contribution >= 0.6 is 12.4 Å². The molecule has 0 aliphatic carbocycles. The first-order chi connectivity index (χ1) is 10.3. The largest absolute Gasteiger partial charge is 0.316 e. The van der Waals surface area contributed by atoms with Crippen LogP contribution in [0.3, 0.4) is 0 Å². The fourth-order valence-electron chi connectivity index (χ4n) is 2.96. The van der Waals surface area contributed by atoms with Gasteiger partial charge < -0.3 is 5.32 Å². The summed E-state index contributed by atoms with van der Waals surface area (Å²) in [5, 5.41) is 15.7. The summed E-state index contributed by atoms with van der Waals surface area (Å²) in [5.41, 5.74) is 1.01. The maximum absolute atomic E-state index is 4.26. The Morgan fingerprint density at radius 3 is 2.77 bits per heavy atom. The average Bonchev–Trinajstić information content (AvgIpc) is 3.04. The Kier molecular flexibility index (Phi) is 5.88. The van der Waals surface area contributed by atoms with Gasteiger partial charge in [0, 0.05) is 12.6 Å². The van der Waals surface area contributed by atoms with Gasteiger partial charge in [-0.05, 0) is 55.9 Å². The van der Waals surface area contributed by atoms with Gasteiger partial charge in [-0.1, -0.05) is 18.2 Å². The van der Waals surface area contributed by atoms with Crippen molar-refractivity contribution in [2.75, 3.05) is 20.1 Å². The van der Waals surface area contributed by atoms with Crippen molar-refractivity contribution in [3.8, 4) is 5.69 Å². The molecule has 0 saturated carbocycles. The lowest BCUT2D eigenvalue weighted by atomic mass is 10.0. The summed E-state index contributed by atoms with van der Waals surface area (Å²) in [6.45, 7) is 4.32. The third-order valence-corrected chi connectivity index (χ3v) is 4.28. The quantitative estimate of drug-likeness (QED) is 0.930. The van der Waals surface area contributed by atoms with Crippen LogP contribution in [-0.4, -0.2) is 51.3 Å². The third kappa shape index (κ3) is 3.45. The van der Waals surface area contributed by atoms with E-state index in [2.05, 4.69) is 32.7 Å². The monoisotopic (exact) mass is 322 g/mol. The predicted octanol–water partition coefficient (Wildman–Crippen LogP) is 1.83. The van der Waals surface area contributed by atoms with Gasteiger partial charge in [0.1, 0.15) is 0 Å². The number of benzene rings is 1. The number of halogens is 1. The van der Waals surface area contributed by atoms with Gasteiger partial charge in [-0.15, -0.1) is 17.5 Å². The highest BCUT2D eigenvalue weighted by Crippen LogP contribution is 2.23. The highest BCUT2D eigenvalue weighted by molar-refractivity contribution is 5.85. The van der Waals surface area contributed by atoms with Crippen molar-refractivity contribution >= 4 is 12.4 Å². The molecule has 1 aromatic carbocycles. The Hall–Kier alpha value is -1.50. The molecule has 2 heterocycles. The standard InChI is InChI=1S/C15H22N6.ClH/c1-12(20-10-6-7-13(11-20)16-2)15-17-18-19-21(15)14-8-4-3-5-9-14;/h3-5,8-9,12-13,16H,6-7,10-11H2,1-2H3;1H. The first-order valence-corrected chi connectivity index (χ1v) is 7.54. The molecule has 7 heteroatoms. The van der Waals surface area contributed by atoms with Crippen LogP contribution in [0.1, 0.15) is 31.6 Å². The van der Waals surface area contributed by atoms with Crippen LogP contribution in [0.2, 0.25) is 0 Å². The second kappa shape index (κ2) is 7.67. The number of hydrogen-bond donors (Lipinski definition) is 1. The summed E-state index contributed by atoms with van der Waals surface area (Å²) < 4.78 is 1.84. The van der Waals surface area contributed by atoms with Crippen molar-refractivity contribution in [2.45, 2.75) is 31.8 Å². The van der Waals surface area contributed by atoms with Crippen molar-refractivity contribution in [1.29, 1.82) is 0 Å². The molecule has 2 atom stereocenters. The second-order valence-corrected chi connectivity index (χ2v) is 5.58. The zero-order valence-corrected chi connectivity index (χ0v) is 13.8. The summed E-state index contributed by atoms with van der Waals surface area (Å²) in [6.07, 6.45) is 2.45. The molecule has 1 N–H and O–H groups in total. The molecule has 0 bridgehead atoms. The molecule has 2 unspecified atom stereocenters. The minimum atomic E-state index is 0. The number of nitrogens with one attached hydrogen (secondary N) is 1. The summed E-state index contributed by atoms with van der Waals surface area (Å²) in [7, 11) is 2.03. The Morgan fingerprint density at radius 1 is 1.27 bits per heavy atom. The van der Waals surface area contributed by atoms with E-state index in [-0.39, 0.29) is 18.4 Å². The number of tetrazole rings is 1. The van der Waals surface area contributed by atoms with Crippen molar-refractivity contribution < 1.29 is 0 Å². The maximum Gasteiger partial charge on any atom is 0.173 e. The summed E-state index contributed by atoms with van der Waals surface area (Å²) in [6, 6.07) is 10.8. The lowest BCUT2D eigenvalue weighted by Gasteiger charge is -2.36. The topological polar surface area (TPSA) is 58.9 Å². The number of nitrogens with zero attached hydrogens (tertiary/aromatic N) is 5. The van der Waals surface area contributed by atoms with E-state index < -0.39 is 0 Å².